The molecule has 0 unspecified atom stereocenters. The topological polar surface area (TPSA) is 79.2 Å². The summed E-state index contributed by atoms with van der Waals surface area (Å²) < 4.78 is 4.50. The van der Waals surface area contributed by atoms with Gasteiger partial charge in [-0.2, -0.15) is 5.26 Å². The van der Waals surface area contributed by atoms with Crippen molar-refractivity contribution in [3.63, 3.8) is 0 Å². The summed E-state index contributed by atoms with van der Waals surface area (Å²) in [6.45, 7) is 1.99. The average molecular weight is 252 g/mol. The molecule has 1 saturated carbocycles. The van der Waals surface area contributed by atoms with Crippen LogP contribution in [0.3, 0.4) is 0 Å². The summed E-state index contributed by atoms with van der Waals surface area (Å²) in [6, 6.07) is 2.24. The van der Waals surface area contributed by atoms with E-state index in [1.807, 2.05) is 6.92 Å². The van der Waals surface area contributed by atoms with Gasteiger partial charge in [-0.3, -0.25) is 9.59 Å². The second kappa shape index (κ2) is 6.39. The number of esters is 1. The molecule has 0 saturated heterocycles. The zero-order chi connectivity index (χ0) is 13.6. The van der Waals surface area contributed by atoms with Crippen molar-refractivity contribution in [3.05, 3.63) is 0 Å². The van der Waals surface area contributed by atoms with Crippen LogP contribution in [0.1, 0.15) is 45.4 Å². The first-order valence-electron chi connectivity index (χ1n) is 6.33. The Labute approximate surface area is 107 Å². The summed E-state index contributed by atoms with van der Waals surface area (Å²) in [7, 11) is 1.33. The number of carbonyl (C=O) groups is 2. The molecular weight excluding hydrogens is 232 g/mol. The van der Waals surface area contributed by atoms with E-state index in [2.05, 4.69) is 16.1 Å². The lowest BCUT2D eigenvalue weighted by atomic mass is 9.89. The van der Waals surface area contributed by atoms with E-state index in [4.69, 9.17) is 0 Å². The van der Waals surface area contributed by atoms with Crippen LogP contribution in [0.15, 0.2) is 0 Å². The van der Waals surface area contributed by atoms with Crippen LogP contribution in [-0.4, -0.2) is 24.5 Å². The quantitative estimate of drug-likeness (QED) is 0.752. The number of nitrogens with zero attached hydrogens (tertiary/aromatic N) is 1. The SMILES string of the molecule is COC(=O)CCCC(=O)N[C@]1(C#N)CCC[C@H]1C. The maximum Gasteiger partial charge on any atom is 0.305 e. The van der Waals surface area contributed by atoms with Crippen molar-refractivity contribution in [1.29, 1.82) is 5.26 Å². The molecule has 1 rings (SSSR count). The Morgan fingerprint density at radius 3 is 2.72 bits per heavy atom. The molecule has 0 radical (unpaired) electrons. The first kappa shape index (κ1) is 14.5. The second-order valence-electron chi connectivity index (χ2n) is 4.85. The molecule has 0 aliphatic heterocycles. The van der Waals surface area contributed by atoms with E-state index in [0.717, 1.165) is 12.8 Å². The maximum atomic E-state index is 11.8. The highest BCUT2D eigenvalue weighted by Crippen LogP contribution is 2.34. The molecule has 5 nitrogen and oxygen atoms in total. The molecule has 0 heterocycles. The van der Waals surface area contributed by atoms with Crippen LogP contribution in [0.2, 0.25) is 0 Å². The van der Waals surface area contributed by atoms with Gasteiger partial charge in [-0.05, 0) is 31.6 Å². The van der Waals surface area contributed by atoms with Crippen molar-refractivity contribution in [2.75, 3.05) is 7.11 Å². The van der Waals surface area contributed by atoms with Crippen LogP contribution in [0.5, 0.6) is 0 Å². The van der Waals surface area contributed by atoms with Crippen molar-refractivity contribution in [1.82, 2.24) is 5.32 Å². The summed E-state index contributed by atoms with van der Waals surface area (Å²) in [4.78, 5) is 22.7. The van der Waals surface area contributed by atoms with E-state index in [0.29, 0.717) is 12.8 Å². The Morgan fingerprint density at radius 2 is 2.22 bits per heavy atom. The third-order valence-electron chi connectivity index (χ3n) is 3.62. The molecule has 100 valence electrons. The smallest absolute Gasteiger partial charge is 0.305 e. The Hall–Kier alpha value is -1.57. The van der Waals surface area contributed by atoms with Gasteiger partial charge in [-0.25, -0.2) is 0 Å². The van der Waals surface area contributed by atoms with E-state index in [-0.39, 0.29) is 30.6 Å². The summed E-state index contributed by atoms with van der Waals surface area (Å²) >= 11 is 0. The van der Waals surface area contributed by atoms with E-state index < -0.39 is 5.54 Å². The zero-order valence-electron chi connectivity index (χ0n) is 11.0. The van der Waals surface area contributed by atoms with Gasteiger partial charge < -0.3 is 10.1 Å². The fourth-order valence-corrected chi connectivity index (χ4v) is 2.37. The summed E-state index contributed by atoms with van der Waals surface area (Å²) in [5.41, 5.74) is -0.706. The van der Waals surface area contributed by atoms with E-state index in [1.165, 1.54) is 7.11 Å². The van der Waals surface area contributed by atoms with Gasteiger partial charge in [0.15, 0.2) is 0 Å². The number of ether oxygens (including phenoxy) is 1. The lowest BCUT2D eigenvalue weighted by Crippen LogP contribution is -2.49. The molecule has 5 heteroatoms. The lowest BCUT2D eigenvalue weighted by Gasteiger charge is -2.27. The van der Waals surface area contributed by atoms with Gasteiger partial charge in [0.2, 0.25) is 5.91 Å². The minimum atomic E-state index is -0.706. The van der Waals surface area contributed by atoms with Gasteiger partial charge in [0.1, 0.15) is 5.54 Å². The van der Waals surface area contributed by atoms with E-state index in [9.17, 15) is 14.9 Å². The van der Waals surface area contributed by atoms with Crippen molar-refractivity contribution in [2.24, 2.45) is 5.92 Å². The number of methoxy groups -OCH3 is 1. The minimum Gasteiger partial charge on any atom is -0.469 e. The number of carbonyl (C=O) groups excluding carboxylic acids is 2. The number of hydrogen-bond acceptors (Lipinski definition) is 4. The Bertz CT molecular complexity index is 362. The Balaban J connectivity index is 2.40. The zero-order valence-corrected chi connectivity index (χ0v) is 11.0. The van der Waals surface area contributed by atoms with Crippen molar-refractivity contribution >= 4 is 11.9 Å². The summed E-state index contributed by atoms with van der Waals surface area (Å²) in [5, 5.41) is 12.1. The predicted molar refractivity (Wildman–Crippen MR) is 65.4 cm³/mol. The normalized spacial score (nSPS) is 26.4. The molecule has 1 N–H and O–H groups in total. The van der Waals surface area contributed by atoms with Crippen molar-refractivity contribution < 1.29 is 14.3 Å². The largest absolute Gasteiger partial charge is 0.469 e. The molecule has 18 heavy (non-hydrogen) atoms. The van der Waals surface area contributed by atoms with Crippen LogP contribution in [0.25, 0.3) is 0 Å². The van der Waals surface area contributed by atoms with Gasteiger partial charge in [0.05, 0.1) is 13.2 Å². The number of hydrogen-bond donors (Lipinski definition) is 1. The standard InChI is InChI=1S/C13H20N2O3/c1-10-5-4-8-13(10,9-14)15-11(16)6-3-7-12(17)18-2/h10H,3-8H2,1-2H3,(H,15,16)/t10-,13+/m1/s1. The van der Waals surface area contributed by atoms with E-state index in [1.54, 1.807) is 0 Å². The van der Waals surface area contributed by atoms with Gasteiger partial charge in [0, 0.05) is 12.8 Å². The van der Waals surface area contributed by atoms with Crippen molar-refractivity contribution in [3.8, 4) is 6.07 Å². The molecule has 0 aromatic rings. The van der Waals surface area contributed by atoms with Crippen LogP contribution in [-0.2, 0) is 14.3 Å². The number of rotatable bonds is 5. The molecule has 1 amide bonds. The number of amides is 1. The molecular formula is C13H20N2O3. The molecule has 0 bridgehead atoms. The third-order valence-corrected chi connectivity index (χ3v) is 3.62. The molecule has 2 atom stereocenters. The molecule has 0 aromatic carbocycles. The van der Waals surface area contributed by atoms with Gasteiger partial charge in [-0.15, -0.1) is 0 Å². The van der Waals surface area contributed by atoms with Crippen LogP contribution >= 0.6 is 0 Å². The maximum absolute atomic E-state index is 11.8. The van der Waals surface area contributed by atoms with E-state index >= 15 is 0 Å². The first-order chi connectivity index (χ1) is 8.54. The average Bonchev–Trinajstić information content (AvgIpc) is 2.71. The fraction of sp³-hybridized carbons (Fsp3) is 0.769. The summed E-state index contributed by atoms with van der Waals surface area (Å²) in [6.07, 6.45) is 3.60. The molecule has 1 fully saturated rings. The second-order valence-corrected chi connectivity index (χ2v) is 4.85. The van der Waals surface area contributed by atoms with Crippen LogP contribution in [0.4, 0.5) is 0 Å². The lowest BCUT2D eigenvalue weighted by molar-refractivity contribution is -0.140. The third kappa shape index (κ3) is 3.46. The van der Waals surface area contributed by atoms with Crippen LogP contribution < -0.4 is 5.32 Å². The molecule has 1 aliphatic rings. The van der Waals surface area contributed by atoms with Gasteiger partial charge in [0.25, 0.3) is 0 Å². The fourth-order valence-electron chi connectivity index (χ4n) is 2.37. The number of nitriles is 1. The first-order valence-corrected chi connectivity index (χ1v) is 6.33. The number of nitrogens with one attached hydrogen (secondary N) is 1. The van der Waals surface area contributed by atoms with Gasteiger partial charge >= 0.3 is 5.97 Å². The van der Waals surface area contributed by atoms with Crippen LogP contribution in [0, 0.1) is 17.2 Å². The highest BCUT2D eigenvalue weighted by Gasteiger charge is 2.41. The molecule has 1 aliphatic carbocycles. The highest BCUT2D eigenvalue weighted by atomic mass is 16.5. The Morgan fingerprint density at radius 1 is 1.50 bits per heavy atom. The molecule has 0 aromatic heterocycles. The van der Waals surface area contributed by atoms with Crippen molar-refractivity contribution in [2.45, 2.75) is 51.0 Å². The predicted octanol–water partition coefficient (Wildman–Crippen LogP) is 1.53. The molecule has 0 spiro atoms. The Kier molecular flexibility index (Phi) is 5.14. The minimum absolute atomic E-state index is 0.158. The van der Waals surface area contributed by atoms with Gasteiger partial charge in [-0.1, -0.05) is 6.92 Å². The monoisotopic (exact) mass is 252 g/mol. The summed E-state index contributed by atoms with van der Waals surface area (Å²) in [5.74, 6) is -0.284. The highest BCUT2D eigenvalue weighted by molar-refractivity contribution is 5.78.